The van der Waals surface area contributed by atoms with Crippen molar-refractivity contribution in [3.05, 3.63) is 218 Å². The number of furan rings is 1. The molecule has 0 saturated heterocycles. The number of aromatic nitrogens is 2. The fourth-order valence-corrected chi connectivity index (χ4v) is 14.6. The van der Waals surface area contributed by atoms with Crippen LogP contribution in [0.5, 0.6) is 0 Å². The van der Waals surface area contributed by atoms with E-state index in [1.807, 2.05) is 0 Å². The minimum atomic E-state index is -2.71. The Morgan fingerprint density at radius 2 is 0.759 bits per heavy atom. The number of benzene rings is 9. The van der Waals surface area contributed by atoms with E-state index in [1.165, 1.54) is 53.3 Å². The van der Waals surface area contributed by atoms with Gasteiger partial charge in [0, 0.05) is 38.7 Å². The second-order valence-electron chi connectivity index (χ2n) is 15.2. The summed E-state index contributed by atoms with van der Waals surface area (Å²) < 4.78 is 11.7. The van der Waals surface area contributed by atoms with Crippen LogP contribution in [0.2, 0.25) is 0 Å². The molecule has 0 fully saturated rings. The van der Waals surface area contributed by atoms with Gasteiger partial charge < -0.3 is 13.6 Å². The van der Waals surface area contributed by atoms with Crippen LogP contribution in [0.15, 0.2) is 223 Å². The number of rotatable bonds is 6. The van der Waals surface area contributed by atoms with E-state index in [-0.39, 0.29) is 0 Å². The fourth-order valence-electron chi connectivity index (χ4n) is 9.89. The highest BCUT2D eigenvalue weighted by atomic mass is 28.3. The van der Waals surface area contributed by atoms with Gasteiger partial charge >= 0.3 is 0 Å². The Morgan fingerprint density at radius 3 is 1.31 bits per heavy atom. The Morgan fingerprint density at radius 1 is 0.328 bits per heavy atom. The van der Waals surface area contributed by atoms with Crippen LogP contribution in [0.25, 0.3) is 76.9 Å². The van der Waals surface area contributed by atoms with Gasteiger partial charge in [0.1, 0.15) is 11.2 Å². The van der Waals surface area contributed by atoms with Gasteiger partial charge in [-0.2, -0.15) is 0 Å². The average Bonchev–Trinajstić information content (AvgIpc) is 3.96. The van der Waals surface area contributed by atoms with Gasteiger partial charge in [0.25, 0.3) is 0 Å². The number of nitrogens with zero attached hydrogens (tertiary/aromatic N) is 2. The first-order valence-corrected chi connectivity index (χ1v) is 21.9. The van der Waals surface area contributed by atoms with Crippen molar-refractivity contribution in [2.75, 3.05) is 0 Å². The third-order valence-corrected chi connectivity index (χ3v) is 17.1. The maximum absolute atomic E-state index is 6.80. The molecule has 0 bridgehead atoms. The third kappa shape index (κ3) is 4.61. The monoisotopic (exact) mass is 756 g/mol. The molecule has 0 atom stereocenters. The van der Waals surface area contributed by atoms with Crippen molar-refractivity contribution in [3.8, 4) is 11.4 Å². The molecule has 3 heterocycles. The van der Waals surface area contributed by atoms with Gasteiger partial charge in [-0.3, -0.25) is 0 Å². The predicted octanol–water partition coefficient (Wildman–Crippen LogP) is 11.2. The van der Waals surface area contributed by atoms with Gasteiger partial charge in [-0.15, -0.1) is 0 Å². The summed E-state index contributed by atoms with van der Waals surface area (Å²) in [5, 5.41) is 12.5. The molecule has 58 heavy (non-hydrogen) atoms. The lowest BCUT2D eigenvalue weighted by atomic mass is 10.1. The van der Waals surface area contributed by atoms with Crippen molar-refractivity contribution in [2.45, 2.75) is 0 Å². The van der Waals surface area contributed by atoms with Gasteiger partial charge in [0.2, 0.25) is 0 Å². The first-order chi connectivity index (χ1) is 28.8. The van der Waals surface area contributed by atoms with Crippen molar-refractivity contribution in [3.63, 3.8) is 0 Å². The summed E-state index contributed by atoms with van der Waals surface area (Å²) >= 11 is 0. The van der Waals surface area contributed by atoms with Crippen LogP contribution in [0.4, 0.5) is 0 Å². The Hall–Kier alpha value is -7.40. The molecule has 0 unspecified atom stereocenters. The van der Waals surface area contributed by atoms with E-state index in [0.717, 1.165) is 44.3 Å². The Kier molecular flexibility index (Phi) is 7.25. The van der Waals surface area contributed by atoms with E-state index < -0.39 is 8.07 Å². The molecule has 3 aromatic heterocycles. The molecule has 12 aromatic rings. The minimum Gasteiger partial charge on any atom is -0.456 e. The lowest BCUT2D eigenvalue weighted by Crippen LogP contribution is -2.74. The molecule has 0 radical (unpaired) electrons. The summed E-state index contributed by atoms with van der Waals surface area (Å²) in [4.78, 5) is 0. The molecule has 12 rings (SSSR count). The minimum absolute atomic E-state index is 0.870. The van der Waals surface area contributed by atoms with Crippen molar-refractivity contribution >= 4 is 94.4 Å². The van der Waals surface area contributed by atoms with E-state index in [9.17, 15) is 0 Å². The second-order valence-corrected chi connectivity index (χ2v) is 19.0. The molecule has 0 aliphatic heterocycles. The summed E-state index contributed by atoms with van der Waals surface area (Å²) in [6.45, 7) is 0. The van der Waals surface area contributed by atoms with Crippen LogP contribution in [0.3, 0.4) is 0 Å². The fraction of sp³-hybridized carbons (Fsp3) is 0. The maximum atomic E-state index is 6.80. The number of hydrogen-bond acceptors (Lipinski definition) is 1. The lowest BCUT2D eigenvalue weighted by molar-refractivity contribution is 0.669. The largest absolute Gasteiger partial charge is 0.456 e. The first kappa shape index (κ1) is 32.8. The highest BCUT2D eigenvalue weighted by Crippen LogP contribution is 2.45. The first-order valence-electron chi connectivity index (χ1n) is 19.9. The summed E-state index contributed by atoms with van der Waals surface area (Å²) in [5.74, 6) is 0. The molecule has 0 aliphatic carbocycles. The zero-order chi connectivity index (χ0) is 38.2. The quantitative estimate of drug-likeness (QED) is 0.122. The third-order valence-electron chi connectivity index (χ3n) is 12.3. The zero-order valence-electron chi connectivity index (χ0n) is 31.6. The average molecular weight is 757 g/mol. The van der Waals surface area contributed by atoms with Gasteiger partial charge in [-0.05, 0) is 57.1 Å². The maximum Gasteiger partial charge on any atom is 0.179 e. The van der Waals surface area contributed by atoms with Crippen LogP contribution in [-0.4, -0.2) is 17.2 Å². The Bertz CT molecular complexity index is 3340. The summed E-state index contributed by atoms with van der Waals surface area (Å²) in [7, 11) is -2.71. The van der Waals surface area contributed by atoms with Crippen molar-refractivity contribution < 1.29 is 4.42 Å². The molecule has 0 N–H and O–H groups in total. The van der Waals surface area contributed by atoms with E-state index in [0.29, 0.717) is 0 Å². The summed E-state index contributed by atoms with van der Waals surface area (Å²) in [6.07, 6.45) is 0. The van der Waals surface area contributed by atoms with Crippen LogP contribution in [0, 0.1) is 0 Å². The smallest absolute Gasteiger partial charge is 0.179 e. The highest BCUT2D eigenvalue weighted by molar-refractivity contribution is 7.19. The van der Waals surface area contributed by atoms with Crippen LogP contribution >= 0.6 is 0 Å². The molecule has 0 saturated carbocycles. The van der Waals surface area contributed by atoms with E-state index in [1.54, 1.807) is 0 Å². The molecule has 9 aromatic carbocycles. The van der Waals surface area contributed by atoms with E-state index in [2.05, 4.69) is 228 Å². The zero-order valence-corrected chi connectivity index (χ0v) is 32.6. The topological polar surface area (TPSA) is 23.0 Å². The molecule has 0 amide bonds. The second kappa shape index (κ2) is 12.8. The lowest BCUT2D eigenvalue weighted by Gasteiger charge is -2.34. The molecule has 272 valence electrons. The SMILES string of the molecule is c1ccc([Si](c2ccccc2)(c2ccccc2)c2ccc(-n3c4ccccc4c4c(-n5c6ccccc6c6ccccc65)cc5oc6ccccc6c5c43)cc2)cc1. The molecular weight excluding hydrogens is 721 g/mol. The van der Waals surface area contributed by atoms with Gasteiger partial charge in [-0.1, -0.05) is 176 Å². The number of para-hydroxylation sites is 4. The van der Waals surface area contributed by atoms with Crippen LogP contribution in [0.1, 0.15) is 0 Å². The molecule has 4 heteroatoms. The van der Waals surface area contributed by atoms with Crippen LogP contribution < -0.4 is 20.7 Å². The Balaban J connectivity index is 1.19. The van der Waals surface area contributed by atoms with Crippen LogP contribution in [-0.2, 0) is 0 Å². The van der Waals surface area contributed by atoms with Gasteiger partial charge in [0.15, 0.2) is 8.07 Å². The summed E-state index contributed by atoms with van der Waals surface area (Å²) in [6, 6.07) is 80.0. The van der Waals surface area contributed by atoms with E-state index >= 15 is 0 Å². The van der Waals surface area contributed by atoms with Gasteiger partial charge in [0.05, 0.1) is 33.1 Å². The van der Waals surface area contributed by atoms with Crippen molar-refractivity contribution in [1.82, 2.24) is 9.13 Å². The summed E-state index contributed by atoms with van der Waals surface area (Å²) in [5.41, 5.74) is 8.61. The van der Waals surface area contributed by atoms with Crippen molar-refractivity contribution in [1.29, 1.82) is 0 Å². The van der Waals surface area contributed by atoms with E-state index in [4.69, 9.17) is 4.42 Å². The molecule has 3 nitrogen and oxygen atoms in total. The molecular formula is C54H36N2OSi. The number of fused-ring (bicyclic) bond motifs is 10. The van der Waals surface area contributed by atoms with Crippen molar-refractivity contribution in [2.24, 2.45) is 0 Å². The molecule has 0 spiro atoms. The standard InChI is InChI=1S/C54H36N2OSi/c1-4-18-38(19-5-1)58(39-20-6-2-7-21-39,40-22-8-3-9-23-40)41-34-32-37(33-35-41)55-48-30-16-12-26-44(48)52-49(36-51-53(54(52)55)45-27-13-17-31-50(45)57-51)56-46-28-14-10-24-42(46)43-25-11-15-29-47(43)56/h1-36H. The highest BCUT2D eigenvalue weighted by Gasteiger charge is 2.41. The molecule has 0 aliphatic rings. The predicted molar refractivity (Wildman–Crippen MR) is 246 cm³/mol. The number of hydrogen-bond donors (Lipinski definition) is 0. The van der Waals surface area contributed by atoms with Gasteiger partial charge in [-0.25, -0.2) is 0 Å². The normalized spacial score (nSPS) is 12.1. The Labute approximate surface area is 336 Å².